The van der Waals surface area contributed by atoms with E-state index in [0.29, 0.717) is 0 Å². The number of hydrogen-bond acceptors (Lipinski definition) is 2. The Morgan fingerprint density at radius 3 is 2.86 bits per heavy atom. The highest BCUT2D eigenvalue weighted by Gasteiger charge is 1.94. The van der Waals surface area contributed by atoms with Crippen LogP contribution in [0.15, 0.2) is 41.8 Å². The average molecular weight is 315 g/mol. The third-order valence-electron chi connectivity index (χ3n) is 1.87. The van der Waals surface area contributed by atoms with Gasteiger partial charge in [0, 0.05) is 20.7 Å². The van der Waals surface area contributed by atoms with Crippen molar-refractivity contribution in [1.82, 2.24) is 0 Å². The number of benzene rings is 1. The van der Waals surface area contributed by atoms with Crippen LogP contribution in [0.25, 0.3) is 0 Å². The fourth-order valence-corrected chi connectivity index (χ4v) is 2.39. The van der Waals surface area contributed by atoms with E-state index in [1.807, 2.05) is 0 Å². The lowest BCUT2D eigenvalue weighted by Gasteiger charge is -2.04. The first kappa shape index (κ1) is 9.98. The van der Waals surface area contributed by atoms with Crippen LogP contribution < -0.4 is 5.32 Å². The molecule has 1 heterocycles. The molecule has 14 heavy (non-hydrogen) atoms. The minimum absolute atomic E-state index is 0.914. The van der Waals surface area contributed by atoms with Crippen LogP contribution in [0.5, 0.6) is 0 Å². The van der Waals surface area contributed by atoms with Crippen molar-refractivity contribution in [1.29, 1.82) is 0 Å². The predicted octanol–water partition coefficient (Wildman–Crippen LogP) is 3.96. The van der Waals surface area contributed by atoms with Gasteiger partial charge in [-0.1, -0.05) is 12.1 Å². The number of anilines is 1. The van der Waals surface area contributed by atoms with E-state index in [4.69, 9.17) is 0 Å². The highest BCUT2D eigenvalue weighted by molar-refractivity contribution is 14.1. The lowest BCUT2D eigenvalue weighted by Crippen LogP contribution is -1.96. The molecule has 0 spiro atoms. The van der Waals surface area contributed by atoms with E-state index in [2.05, 4.69) is 69.7 Å². The minimum Gasteiger partial charge on any atom is -0.380 e. The second-order valence-electron chi connectivity index (χ2n) is 2.94. The zero-order valence-corrected chi connectivity index (χ0v) is 10.5. The first-order valence-electron chi connectivity index (χ1n) is 4.36. The molecule has 0 bridgehead atoms. The first-order valence-corrected chi connectivity index (χ1v) is 6.32. The van der Waals surface area contributed by atoms with Crippen molar-refractivity contribution < 1.29 is 0 Å². The van der Waals surface area contributed by atoms with Gasteiger partial charge >= 0.3 is 0 Å². The largest absolute Gasteiger partial charge is 0.380 e. The number of nitrogens with one attached hydrogen (secondary N) is 1. The second-order valence-corrected chi connectivity index (χ2v) is 5.22. The molecular formula is C11H10INS. The summed E-state index contributed by atoms with van der Waals surface area (Å²) in [5.41, 5.74) is 1.19. The van der Waals surface area contributed by atoms with Gasteiger partial charge in [0.2, 0.25) is 0 Å². The molecule has 0 saturated carbocycles. The molecule has 0 unspecified atom stereocenters. The summed E-state index contributed by atoms with van der Waals surface area (Å²) in [5, 5.41) is 5.50. The Hall–Kier alpha value is -0.550. The van der Waals surface area contributed by atoms with Gasteiger partial charge in [-0.15, -0.1) is 11.3 Å². The first-order chi connectivity index (χ1) is 6.84. The van der Waals surface area contributed by atoms with Crippen LogP contribution in [-0.2, 0) is 6.54 Å². The molecule has 72 valence electrons. The summed E-state index contributed by atoms with van der Waals surface area (Å²) in [5.74, 6) is 0. The van der Waals surface area contributed by atoms with E-state index in [1.165, 1.54) is 14.1 Å². The van der Waals surface area contributed by atoms with Crippen LogP contribution in [0, 0.1) is 3.57 Å². The Morgan fingerprint density at radius 1 is 1.21 bits per heavy atom. The zero-order valence-electron chi connectivity index (χ0n) is 7.53. The van der Waals surface area contributed by atoms with Gasteiger partial charge in [-0.2, -0.15) is 0 Å². The molecule has 0 aliphatic heterocycles. The Kier molecular flexibility index (Phi) is 3.42. The molecule has 1 nitrogen and oxygen atoms in total. The molecule has 2 aromatic rings. The maximum absolute atomic E-state index is 3.39. The monoisotopic (exact) mass is 315 g/mol. The van der Waals surface area contributed by atoms with Gasteiger partial charge in [-0.05, 0) is 52.2 Å². The third kappa shape index (κ3) is 2.72. The van der Waals surface area contributed by atoms with Gasteiger partial charge < -0.3 is 5.32 Å². The maximum Gasteiger partial charge on any atom is 0.0494 e. The SMILES string of the molecule is Ic1cccc(NCc2cccs2)c1. The fraction of sp³-hybridized carbons (Fsp3) is 0.0909. The van der Waals surface area contributed by atoms with E-state index in [-0.39, 0.29) is 0 Å². The quantitative estimate of drug-likeness (QED) is 0.845. The lowest BCUT2D eigenvalue weighted by atomic mass is 10.3. The average Bonchev–Trinajstić information content (AvgIpc) is 2.67. The molecule has 1 N–H and O–H groups in total. The third-order valence-corrected chi connectivity index (χ3v) is 3.42. The molecule has 0 atom stereocenters. The molecule has 0 aliphatic carbocycles. The van der Waals surface area contributed by atoms with Gasteiger partial charge in [0.25, 0.3) is 0 Å². The van der Waals surface area contributed by atoms with Gasteiger partial charge in [-0.3, -0.25) is 0 Å². The van der Waals surface area contributed by atoms with Crippen LogP contribution in [0.3, 0.4) is 0 Å². The Labute approximate surface area is 101 Å². The van der Waals surface area contributed by atoms with Crippen LogP contribution >= 0.6 is 33.9 Å². The topological polar surface area (TPSA) is 12.0 Å². The van der Waals surface area contributed by atoms with Crippen molar-refractivity contribution in [2.45, 2.75) is 6.54 Å². The molecule has 2 rings (SSSR count). The van der Waals surface area contributed by atoms with Crippen LogP contribution in [-0.4, -0.2) is 0 Å². The van der Waals surface area contributed by atoms with E-state index in [9.17, 15) is 0 Å². The molecule has 1 aromatic heterocycles. The predicted molar refractivity (Wildman–Crippen MR) is 70.8 cm³/mol. The molecule has 1 aromatic carbocycles. The van der Waals surface area contributed by atoms with Crippen molar-refractivity contribution in [3.63, 3.8) is 0 Å². The molecule has 3 heteroatoms. The van der Waals surface area contributed by atoms with Crippen molar-refractivity contribution in [2.75, 3.05) is 5.32 Å². The fourth-order valence-electron chi connectivity index (χ4n) is 1.20. The molecule has 0 fully saturated rings. The molecule has 0 amide bonds. The Bertz CT molecular complexity index is 397. The second kappa shape index (κ2) is 4.79. The number of halogens is 1. The summed E-state index contributed by atoms with van der Waals surface area (Å²) >= 11 is 4.10. The van der Waals surface area contributed by atoms with Crippen molar-refractivity contribution in [3.05, 3.63) is 50.2 Å². The summed E-state index contributed by atoms with van der Waals surface area (Å²) in [4.78, 5) is 1.36. The van der Waals surface area contributed by atoms with E-state index in [0.717, 1.165) is 6.54 Å². The molecular weight excluding hydrogens is 305 g/mol. The minimum atomic E-state index is 0.914. The van der Waals surface area contributed by atoms with Crippen molar-refractivity contribution in [2.24, 2.45) is 0 Å². The van der Waals surface area contributed by atoms with Crippen molar-refractivity contribution in [3.8, 4) is 0 Å². The van der Waals surface area contributed by atoms with Gasteiger partial charge in [-0.25, -0.2) is 0 Å². The van der Waals surface area contributed by atoms with Crippen LogP contribution in [0.2, 0.25) is 0 Å². The summed E-state index contributed by atoms with van der Waals surface area (Å²) in [7, 11) is 0. The maximum atomic E-state index is 3.39. The smallest absolute Gasteiger partial charge is 0.0494 e. The summed E-state index contributed by atoms with van der Waals surface area (Å²) in [6.07, 6.45) is 0. The standard InChI is InChI=1S/C11H10INS/c12-9-3-1-4-10(7-9)13-8-11-5-2-6-14-11/h1-7,13H,8H2. The van der Waals surface area contributed by atoms with E-state index in [1.54, 1.807) is 11.3 Å². The number of rotatable bonds is 3. The molecule has 0 aliphatic rings. The van der Waals surface area contributed by atoms with Gasteiger partial charge in [0.05, 0.1) is 0 Å². The Morgan fingerprint density at radius 2 is 2.14 bits per heavy atom. The summed E-state index contributed by atoms with van der Waals surface area (Å²) < 4.78 is 1.26. The number of thiophene rings is 1. The lowest BCUT2D eigenvalue weighted by molar-refractivity contribution is 1.19. The van der Waals surface area contributed by atoms with E-state index < -0.39 is 0 Å². The molecule has 0 saturated heterocycles. The summed E-state index contributed by atoms with van der Waals surface area (Å²) in [6, 6.07) is 12.6. The van der Waals surface area contributed by atoms with Crippen LogP contribution in [0.1, 0.15) is 4.88 Å². The Balaban J connectivity index is 1.98. The molecule has 0 radical (unpaired) electrons. The normalized spacial score (nSPS) is 10.1. The van der Waals surface area contributed by atoms with Gasteiger partial charge in [0.1, 0.15) is 0 Å². The van der Waals surface area contributed by atoms with Gasteiger partial charge in [0.15, 0.2) is 0 Å². The van der Waals surface area contributed by atoms with E-state index >= 15 is 0 Å². The highest BCUT2D eigenvalue weighted by atomic mass is 127. The number of hydrogen-bond donors (Lipinski definition) is 1. The van der Waals surface area contributed by atoms with Crippen LogP contribution in [0.4, 0.5) is 5.69 Å². The highest BCUT2D eigenvalue weighted by Crippen LogP contribution is 2.15. The van der Waals surface area contributed by atoms with Crippen molar-refractivity contribution >= 4 is 39.6 Å². The zero-order chi connectivity index (χ0) is 9.80. The summed E-state index contributed by atoms with van der Waals surface area (Å²) in [6.45, 7) is 0.914.